The van der Waals surface area contributed by atoms with Gasteiger partial charge in [0.25, 0.3) is 7.82 Å². The number of carbonyl (C=O) groups excluding carboxylic acids is 1. The van der Waals surface area contributed by atoms with Crippen LogP contribution in [0.2, 0.25) is 0 Å². The van der Waals surface area contributed by atoms with E-state index in [-0.39, 0.29) is 12.5 Å². The Balaban J connectivity index is 4.29. The molecule has 0 aromatic heterocycles. The van der Waals surface area contributed by atoms with Crippen molar-refractivity contribution in [3.63, 3.8) is 0 Å². The van der Waals surface area contributed by atoms with E-state index < -0.39 is 26.6 Å². The fourth-order valence-corrected chi connectivity index (χ4v) is 7.83. The molecule has 3 atom stereocenters. The minimum absolute atomic E-state index is 0.00608. The minimum atomic E-state index is -4.60. The van der Waals surface area contributed by atoms with Crippen LogP contribution in [0.15, 0.2) is 36.5 Å². The lowest BCUT2D eigenvalue weighted by Gasteiger charge is -2.29. The zero-order chi connectivity index (χ0) is 43.6. The van der Waals surface area contributed by atoms with Gasteiger partial charge in [0.15, 0.2) is 0 Å². The molecule has 8 nitrogen and oxygen atoms in total. The number of amides is 1. The van der Waals surface area contributed by atoms with Crippen molar-refractivity contribution >= 4 is 13.7 Å². The van der Waals surface area contributed by atoms with Gasteiger partial charge in [0.1, 0.15) is 13.2 Å². The third kappa shape index (κ3) is 44.6. The Kier molecular flexibility index (Phi) is 41.1. The Hall–Kier alpha value is -1.28. The van der Waals surface area contributed by atoms with Gasteiger partial charge in [-0.2, -0.15) is 0 Å². The lowest BCUT2D eigenvalue weighted by atomic mass is 10.0. The summed E-state index contributed by atoms with van der Waals surface area (Å²) in [7, 11) is 1.25. The van der Waals surface area contributed by atoms with E-state index in [1.54, 1.807) is 6.08 Å². The number of unbranched alkanes of at least 4 members (excludes halogenated alkanes) is 28. The second-order valence-electron chi connectivity index (χ2n) is 18.2. The number of nitrogens with zero attached hydrogens (tertiary/aromatic N) is 1. The quantitative estimate of drug-likeness (QED) is 0.0273. The SMILES string of the molecule is CCCCCCCCCC/C=C\CCCCCCCCCCCCCC(=O)NC(COP(=O)([O-])OCC[N+](C)(C)C)C(O)/C=C/CC/C=C/CCCCCCCCCC. The van der Waals surface area contributed by atoms with Gasteiger partial charge in [0, 0.05) is 6.42 Å². The third-order valence-corrected chi connectivity index (χ3v) is 12.0. The number of hydrogen-bond acceptors (Lipinski definition) is 6. The summed E-state index contributed by atoms with van der Waals surface area (Å²) < 4.78 is 23.2. The first kappa shape index (κ1) is 57.7. The first-order valence-electron chi connectivity index (χ1n) is 24.9. The van der Waals surface area contributed by atoms with Gasteiger partial charge < -0.3 is 28.8 Å². The zero-order valence-corrected chi connectivity index (χ0v) is 40.4. The first-order valence-corrected chi connectivity index (χ1v) is 26.3. The highest BCUT2D eigenvalue weighted by Crippen LogP contribution is 2.38. The number of likely N-dealkylation sites (N-methyl/N-ethyl adjacent to an activating group) is 1. The Labute approximate surface area is 366 Å². The molecule has 0 aromatic carbocycles. The summed E-state index contributed by atoms with van der Waals surface area (Å²) in [4.78, 5) is 25.4. The molecular formula is C50H97N2O6P. The van der Waals surface area contributed by atoms with Crippen LogP contribution in [0.3, 0.4) is 0 Å². The number of phosphoric ester groups is 1. The molecule has 0 aliphatic heterocycles. The molecule has 1 amide bonds. The summed E-state index contributed by atoms with van der Waals surface area (Å²) in [5.74, 6) is -0.208. The lowest BCUT2D eigenvalue weighted by Crippen LogP contribution is -2.45. The van der Waals surface area contributed by atoms with Crippen LogP contribution >= 0.6 is 7.82 Å². The molecular weight excluding hydrogens is 756 g/mol. The second kappa shape index (κ2) is 42.0. The zero-order valence-electron chi connectivity index (χ0n) is 39.5. The number of hydrogen-bond donors (Lipinski definition) is 2. The summed E-state index contributed by atoms with van der Waals surface area (Å²) >= 11 is 0. The fraction of sp³-hybridized carbons (Fsp3) is 0.860. The van der Waals surface area contributed by atoms with Crippen LogP contribution < -0.4 is 10.2 Å². The van der Waals surface area contributed by atoms with Crippen LogP contribution in [0.4, 0.5) is 0 Å². The Morgan fingerprint density at radius 3 is 1.37 bits per heavy atom. The van der Waals surface area contributed by atoms with Crippen molar-refractivity contribution < 1.29 is 32.9 Å². The summed E-state index contributed by atoms with van der Waals surface area (Å²) in [6.07, 6.45) is 52.0. The number of phosphoric acid groups is 1. The molecule has 0 heterocycles. The van der Waals surface area contributed by atoms with Crippen molar-refractivity contribution in [2.24, 2.45) is 0 Å². The largest absolute Gasteiger partial charge is 0.756 e. The minimum Gasteiger partial charge on any atom is -0.756 e. The third-order valence-electron chi connectivity index (χ3n) is 11.1. The summed E-state index contributed by atoms with van der Waals surface area (Å²) in [6, 6.07) is -0.901. The number of carbonyl (C=O) groups is 1. The predicted molar refractivity (Wildman–Crippen MR) is 251 cm³/mol. The molecule has 0 rings (SSSR count). The van der Waals surface area contributed by atoms with Gasteiger partial charge in [0.05, 0.1) is 39.9 Å². The highest BCUT2D eigenvalue weighted by molar-refractivity contribution is 7.45. The maximum Gasteiger partial charge on any atom is 0.268 e. The normalized spacial score (nSPS) is 14.5. The second-order valence-corrected chi connectivity index (χ2v) is 19.6. The van der Waals surface area contributed by atoms with Crippen LogP contribution in [0.25, 0.3) is 0 Å². The molecule has 2 N–H and O–H groups in total. The molecule has 0 saturated heterocycles. The molecule has 0 fully saturated rings. The van der Waals surface area contributed by atoms with Crippen molar-refractivity contribution in [1.82, 2.24) is 5.32 Å². The van der Waals surface area contributed by atoms with Crippen LogP contribution in [0.1, 0.15) is 226 Å². The van der Waals surface area contributed by atoms with Crippen LogP contribution in [0, 0.1) is 0 Å². The molecule has 0 spiro atoms. The Morgan fingerprint density at radius 1 is 0.576 bits per heavy atom. The summed E-state index contributed by atoms with van der Waals surface area (Å²) in [5.41, 5.74) is 0. The predicted octanol–water partition coefficient (Wildman–Crippen LogP) is 13.6. The molecule has 0 aliphatic rings. The van der Waals surface area contributed by atoms with Crippen molar-refractivity contribution in [2.45, 2.75) is 238 Å². The molecule has 9 heteroatoms. The topological polar surface area (TPSA) is 108 Å². The van der Waals surface area contributed by atoms with E-state index in [9.17, 15) is 19.4 Å². The number of quaternary nitrogens is 1. The van der Waals surface area contributed by atoms with E-state index in [4.69, 9.17) is 9.05 Å². The summed E-state index contributed by atoms with van der Waals surface area (Å²) in [5, 5.41) is 13.8. The van der Waals surface area contributed by atoms with Gasteiger partial charge in [0.2, 0.25) is 5.91 Å². The Morgan fingerprint density at radius 2 is 0.949 bits per heavy atom. The van der Waals surface area contributed by atoms with Gasteiger partial charge in [-0.15, -0.1) is 0 Å². The molecule has 0 radical (unpaired) electrons. The van der Waals surface area contributed by atoms with E-state index in [0.717, 1.165) is 38.5 Å². The molecule has 3 unspecified atom stereocenters. The number of nitrogens with one attached hydrogen (secondary N) is 1. The molecule has 348 valence electrons. The molecule has 0 bridgehead atoms. The van der Waals surface area contributed by atoms with Crippen molar-refractivity contribution in [2.75, 3.05) is 40.9 Å². The average molecular weight is 853 g/mol. The van der Waals surface area contributed by atoms with Gasteiger partial charge >= 0.3 is 0 Å². The van der Waals surface area contributed by atoms with Crippen molar-refractivity contribution in [3.8, 4) is 0 Å². The lowest BCUT2D eigenvalue weighted by molar-refractivity contribution is -0.870. The maximum atomic E-state index is 12.9. The van der Waals surface area contributed by atoms with E-state index in [2.05, 4.69) is 43.5 Å². The van der Waals surface area contributed by atoms with Gasteiger partial charge in [-0.3, -0.25) is 9.36 Å². The highest BCUT2D eigenvalue weighted by atomic mass is 31.2. The van der Waals surface area contributed by atoms with Crippen LogP contribution in [-0.4, -0.2) is 68.5 Å². The van der Waals surface area contributed by atoms with Gasteiger partial charge in [-0.25, -0.2) is 0 Å². The van der Waals surface area contributed by atoms with E-state index >= 15 is 0 Å². The molecule has 0 saturated carbocycles. The van der Waals surface area contributed by atoms with Crippen LogP contribution in [-0.2, 0) is 18.4 Å². The number of aliphatic hydroxyl groups excluding tert-OH is 1. The number of allylic oxidation sites excluding steroid dienone is 5. The standard InChI is InChI=1S/C50H97N2O6P/c1-6-8-10-12-14-16-18-20-22-23-24-25-26-27-28-29-30-32-34-36-38-40-42-44-50(54)51-48(47-58-59(55,56)57-46-45-52(3,4)5)49(53)43-41-39-37-35-33-31-21-19-17-15-13-11-9-7-2/h23-24,33,35,41,43,48-49,53H,6-22,25-32,34,36-40,42,44-47H2,1-5H3,(H-,51,54,55,56)/b24-23-,35-33+,43-41+. The smallest absolute Gasteiger partial charge is 0.268 e. The fourth-order valence-electron chi connectivity index (χ4n) is 7.10. The van der Waals surface area contributed by atoms with Crippen LogP contribution in [0.5, 0.6) is 0 Å². The molecule has 59 heavy (non-hydrogen) atoms. The average Bonchev–Trinajstić information content (AvgIpc) is 3.19. The van der Waals surface area contributed by atoms with Gasteiger partial charge in [-0.05, 0) is 57.8 Å². The van der Waals surface area contributed by atoms with Crippen molar-refractivity contribution in [3.05, 3.63) is 36.5 Å². The first-order chi connectivity index (χ1) is 28.5. The van der Waals surface area contributed by atoms with E-state index in [1.807, 2.05) is 27.2 Å². The highest BCUT2D eigenvalue weighted by Gasteiger charge is 2.23. The monoisotopic (exact) mass is 853 g/mol. The summed E-state index contributed by atoms with van der Waals surface area (Å²) in [6.45, 7) is 4.63. The molecule has 0 aliphatic carbocycles. The van der Waals surface area contributed by atoms with E-state index in [1.165, 1.54) is 167 Å². The maximum absolute atomic E-state index is 12.9. The number of aliphatic hydroxyl groups is 1. The van der Waals surface area contributed by atoms with Gasteiger partial charge in [-0.1, -0.05) is 198 Å². The number of rotatable bonds is 45. The van der Waals surface area contributed by atoms with E-state index in [0.29, 0.717) is 17.4 Å². The Bertz CT molecular complexity index is 1060. The van der Waals surface area contributed by atoms with Crippen molar-refractivity contribution in [1.29, 1.82) is 0 Å². The molecule has 0 aromatic rings.